The van der Waals surface area contributed by atoms with E-state index in [2.05, 4.69) is 46.7 Å². The summed E-state index contributed by atoms with van der Waals surface area (Å²) in [4.78, 5) is 8.82. The first-order chi connectivity index (χ1) is 12.6. The molecule has 1 saturated carbocycles. The Labute approximate surface area is 158 Å². The average Bonchev–Trinajstić information content (AvgIpc) is 3.38. The molecule has 6 nitrogen and oxygen atoms in total. The zero-order valence-electron chi connectivity index (χ0n) is 14.1. The highest BCUT2D eigenvalue weighted by Gasteiger charge is 2.26. The van der Waals surface area contributed by atoms with Crippen LogP contribution >= 0.6 is 15.9 Å². The molecule has 3 aromatic rings. The summed E-state index contributed by atoms with van der Waals surface area (Å²) in [5, 5.41) is 13.8. The van der Waals surface area contributed by atoms with Gasteiger partial charge in [-0.05, 0) is 53.4 Å². The summed E-state index contributed by atoms with van der Waals surface area (Å²) in [6, 6.07) is 8.33. The van der Waals surface area contributed by atoms with Crippen molar-refractivity contribution in [3.8, 4) is 0 Å². The third-order valence-corrected chi connectivity index (χ3v) is 4.89. The highest BCUT2D eigenvalue weighted by molar-refractivity contribution is 9.10. The molecule has 0 unspecified atom stereocenters. The first-order valence-corrected chi connectivity index (χ1v) is 9.24. The highest BCUT2D eigenvalue weighted by atomic mass is 79.9. The first-order valence-electron chi connectivity index (χ1n) is 8.45. The van der Waals surface area contributed by atoms with Gasteiger partial charge in [-0.2, -0.15) is 10.1 Å². The van der Waals surface area contributed by atoms with Crippen LogP contribution in [-0.4, -0.2) is 20.2 Å². The van der Waals surface area contributed by atoms with Crippen molar-refractivity contribution < 1.29 is 4.39 Å². The van der Waals surface area contributed by atoms with Crippen LogP contribution in [0.4, 0.5) is 22.0 Å². The van der Waals surface area contributed by atoms with E-state index in [9.17, 15) is 4.39 Å². The van der Waals surface area contributed by atoms with Gasteiger partial charge >= 0.3 is 0 Å². The summed E-state index contributed by atoms with van der Waals surface area (Å²) in [7, 11) is 0. The molecule has 26 heavy (non-hydrogen) atoms. The van der Waals surface area contributed by atoms with E-state index in [1.165, 1.54) is 25.0 Å². The van der Waals surface area contributed by atoms with Crippen LogP contribution in [0.25, 0.3) is 0 Å². The van der Waals surface area contributed by atoms with Crippen LogP contribution in [-0.2, 0) is 0 Å². The van der Waals surface area contributed by atoms with Crippen LogP contribution in [0.15, 0.2) is 41.0 Å². The van der Waals surface area contributed by atoms with Gasteiger partial charge in [0.25, 0.3) is 0 Å². The molecule has 4 rings (SSSR count). The lowest BCUT2D eigenvalue weighted by molar-refractivity contribution is 0.626. The highest BCUT2D eigenvalue weighted by Crippen LogP contribution is 2.39. The third-order valence-electron chi connectivity index (χ3n) is 4.31. The standard InChI is InChI=1S/C18H18BrFN6/c1-10(11-4-6-13(20)7-5-11)22-18-21-9-14(19)17(24-18)23-16-8-15(25-26-16)12-2-3-12/h4-10,12H,2-3H2,1H3,(H3,21,22,23,24,25,26)/t10-/m0/s1. The van der Waals surface area contributed by atoms with E-state index in [-0.39, 0.29) is 11.9 Å². The van der Waals surface area contributed by atoms with Gasteiger partial charge in [-0.1, -0.05) is 12.1 Å². The van der Waals surface area contributed by atoms with Gasteiger partial charge in [0.05, 0.1) is 16.2 Å². The molecule has 2 heterocycles. The van der Waals surface area contributed by atoms with Crippen molar-refractivity contribution in [1.29, 1.82) is 0 Å². The molecule has 0 bridgehead atoms. The Morgan fingerprint density at radius 3 is 2.77 bits per heavy atom. The number of aromatic nitrogens is 4. The quantitative estimate of drug-likeness (QED) is 0.532. The molecule has 1 aliphatic rings. The van der Waals surface area contributed by atoms with E-state index in [0.717, 1.165) is 21.5 Å². The number of aromatic amines is 1. The van der Waals surface area contributed by atoms with Gasteiger partial charge in [-0.3, -0.25) is 5.10 Å². The van der Waals surface area contributed by atoms with Crippen LogP contribution in [0, 0.1) is 5.82 Å². The molecule has 3 N–H and O–H groups in total. The summed E-state index contributed by atoms with van der Waals surface area (Å²) in [6.07, 6.45) is 4.10. The van der Waals surface area contributed by atoms with Crippen molar-refractivity contribution >= 4 is 33.5 Å². The number of nitrogens with one attached hydrogen (secondary N) is 3. The molecule has 0 saturated heterocycles. The van der Waals surface area contributed by atoms with Gasteiger partial charge in [-0.15, -0.1) is 0 Å². The topological polar surface area (TPSA) is 78.5 Å². The second-order valence-electron chi connectivity index (χ2n) is 6.41. The fourth-order valence-corrected chi connectivity index (χ4v) is 2.96. The number of hydrogen-bond acceptors (Lipinski definition) is 5. The smallest absolute Gasteiger partial charge is 0.225 e. The molecule has 0 spiro atoms. The molecule has 1 atom stereocenters. The number of rotatable bonds is 6. The van der Waals surface area contributed by atoms with Gasteiger partial charge in [-0.25, -0.2) is 9.37 Å². The van der Waals surface area contributed by atoms with E-state index in [1.54, 1.807) is 18.3 Å². The maximum atomic E-state index is 13.1. The zero-order valence-corrected chi connectivity index (χ0v) is 15.7. The number of H-pyrrole nitrogens is 1. The average molecular weight is 417 g/mol. The van der Waals surface area contributed by atoms with E-state index < -0.39 is 0 Å². The second-order valence-corrected chi connectivity index (χ2v) is 7.27. The minimum Gasteiger partial charge on any atom is -0.348 e. The van der Waals surface area contributed by atoms with E-state index in [0.29, 0.717) is 17.7 Å². The normalized spacial score (nSPS) is 14.9. The number of halogens is 2. The number of benzene rings is 1. The predicted molar refractivity (Wildman–Crippen MR) is 102 cm³/mol. The van der Waals surface area contributed by atoms with E-state index >= 15 is 0 Å². The molecule has 134 valence electrons. The van der Waals surface area contributed by atoms with Crippen molar-refractivity contribution in [3.05, 3.63) is 58.1 Å². The van der Waals surface area contributed by atoms with Crippen molar-refractivity contribution in [2.75, 3.05) is 10.6 Å². The summed E-state index contributed by atoms with van der Waals surface area (Å²) in [6.45, 7) is 1.97. The number of nitrogens with zero attached hydrogens (tertiary/aromatic N) is 3. The van der Waals surface area contributed by atoms with Crippen LogP contribution in [0.5, 0.6) is 0 Å². The molecular weight excluding hydrogens is 399 g/mol. The maximum absolute atomic E-state index is 13.1. The van der Waals surface area contributed by atoms with Crippen molar-refractivity contribution in [2.24, 2.45) is 0 Å². The van der Waals surface area contributed by atoms with Crippen molar-refractivity contribution in [2.45, 2.75) is 31.7 Å². The summed E-state index contributed by atoms with van der Waals surface area (Å²) < 4.78 is 13.8. The fraction of sp³-hybridized carbons (Fsp3) is 0.278. The molecule has 1 aromatic carbocycles. The molecule has 1 fully saturated rings. The molecule has 0 radical (unpaired) electrons. The Bertz CT molecular complexity index is 906. The van der Waals surface area contributed by atoms with Crippen LogP contribution in [0.1, 0.15) is 43.0 Å². The minimum absolute atomic E-state index is 0.0572. The van der Waals surface area contributed by atoms with Crippen molar-refractivity contribution in [3.63, 3.8) is 0 Å². The lowest BCUT2D eigenvalue weighted by Crippen LogP contribution is -2.10. The van der Waals surface area contributed by atoms with Gasteiger partial charge < -0.3 is 10.6 Å². The molecule has 0 amide bonds. The Hall–Kier alpha value is -2.48. The monoisotopic (exact) mass is 416 g/mol. The summed E-state index contributed by atoms with van der Waals surface area (Å²) in [5.74, 6) is 2.25. The molecule has 1 aliphatic carbocycles. The van der Waals surface area contributed by atoms with E-state index in [1.807, 2.05) is 13.0 Å². The number of hydrogen-bond donors (Lipinski definition) is 3. The van der Waals surface area contributed by atoms with Gasteiger partial charge in [0, 0.05) is 18.2 Å². The second kappa shape index (κ2) is 7.03. The van der Waals surface area contributed by atoms with Crippen LogP contribution in [0.2, 0.25) is 0 Å². The summed E-state index contributed by atoms with van der Waals surface area (Å²) >= 11 is 3.46. The molecule has 0 aliphatic heterocycles. The summed E-state index contributed by atoms with van der Waals surface area (Å²) in [5.41, 5.74) is 2.04. The van der Waals surface area contributed by atoms with Gasteiger partial charge in [0.15, 0.2) is 5.82 Å². The lowest BCUT2D eigenvalue weighted by Gasteiger charge is -2.15. The maximum Gasteiger partial charge on any atom is 0.225 e. The third kappa shape index (κ3) is 3.85. The van der Waals surface area contributed by atoms with E-state index in [4.69, 9.17) is 0 Å². The Morgan fingerprint density at radius 1 is 1.27 bits per heavy atom. The predicted octanol–water partition coefficient (Wildman–Crippen LogP) is 4.90. The first kappa shape index (κ1) is 17.0. The van der Waals surface area contributed by atoms with Crippen LogP contribution in [0.3, 0.4) is 0 Å². The Morgan fingerprint density at radius 2 is 2.04 bits per heavy atom. The van der Waals surface area contributed by atoms with Gasteiger partial charge in [0.1, 0.15) is 11.6 Å². The lowest BCUT2D eigenvalue weighted by atomic mass is 10.1. The van der Waals surface area contributed by atoms with Crippen LogP contribution < -0.4 is 10.6 Å². The Kier molecular flexibility index (Phi) is 4.58. The largest absolute Gasteiger partial charge is 0.348 e. The van der Waals surface area contributed by atoms with Gasteiger partial charge in [0.2, 0.25) is 5.95 Å². The SMILES string of the molecule is C[C@H](Nc1ncc(Br)c(Nc2cc(C3CC3)n[nH]2)n1)c1ccc(F)cc1. The minimum atomic E-state index is -0.252. The Balaban J connectivity index is 1.48. The fourth-order valence-electron chi connectivity index (χ4n) is 2.67. The molecular formula is C18H18BrFN6. The molecule has 8 heteroatoms. The van der Waals surface area contributed by atoms with Crippen molar-refractivity contribution in [1.82, 2.24) is 20.2 Å². The number of anilines is 3. The zero-order chi connectivity index (χ0) is 18.1. The molecule has 2 aromatic heterocycles.